The van der Waals surface area contributed by atoms with Crippen LogP contribution in [0.1, 0.15) is 31.9 Å². The van der Waals surface area contributed by atoms with Crippen molar-refractivity contribution >= 4 is 12.1 Å². The predicted molar refractivity (Wildman–Crippen MR) is 77.9 cm³/mol. The third-order valence-corrected chi connectivity index (χ3v) is 2.10. The van der Waals surface area contributed by atoms with Gasteiger partial charge in [0.1, 0.15) is 5.78 Å². The molecule has 1 aromatic rings. The van der Waals surface area contributed by atoms with Crippen molar-refractivity contribution in [2.24, 2.45) is 11.5 Å². The van der Waals surface area contributed by atoms with Gasteiger partial charge >= 0.3 is 0 Å². The summed E-state index contributed by atoms with van der Waals surface area (Å²) in [6, 6.07) is 7.73. The van der Waals surface area contributed by atoms with Crippen molar-refractivity contribution in [3.63, 3.8) is 0 Å². The largest absolute Gasteiger partial charge is 0.390 e. The van der Waals surface area contributed by atoms with E-state index in [-0.39, 0.29) is 11.8 Å². The summed E-state index contributed by atoms with van der Waals surface area (Å²) in [5, 5.41) is 5.86. The molecule has 0 radical (unpaired) electrons. The van der Waals surface area contributed by atoms with Crippen LogP contribution in [0.2, 0.25) is 0 Å². The van der Waals surface area contributed by atoms with Crippen LogP contribution in [0.4, 0.5) is 0 Å². The Hall–Kier alpha value is -1.68. The Morgan fingerprint density at radius 3 is 2.06 bits per heavy atom. The van der Waals surface area contributed by atoms with Gasteiger partial charge in [-0.2, -0.15) is 0 Å². The van der Waals surface area contributed by atoms with Gasteiger partial charge in [-0.3, -0.25) is 10.2 Å². The normalized spacial score (nSPS) is 10.1. The lowest BCUT2D eigenvalue weighted by Gasteiger charge is -2.07. The second-order valence-corrected chi connectivity index (χ2v) is 3.57. The molecular formula is C14H25N3O. The summed E-state index contributed by atoms with van der Waals surface area (Å²) < 4.78 is 0. The Bertz CT molecular complexity index is 333. The summed E-state index contributed by atoms with van der Waals surface area (Å²) in [6.45, 7) is 7.56. The molecule has 0 heterocycles. The minimum atomic E-state index is -0.359. The number of hydrogen-bond acceptors (Lipinski definition) is 3. The van der Waals surface area contributed by atoms with Crippen molar-refractivity contribution in [3.05, 3.63) is 35.4 Å². The van der Waals surface area contributed by atoms with Crippen molar-refractivity contribution in [2.45, 2.75) is 40.2 Å². The van der Waals surface area contributed by atoms with E-state index in [1.807, 2.05) is 45.0 Å². The van der Waals surface area contributed by atoms with E-state index in [0.29, 0.717) is 6.42 Å². The Labute approximate surface area is 110 Å². The molecule has 0 saturated carbocycles. The summed E-state index contributed by atoms with van der Waals surface area (Å²) in [5.41, 5.74) is 12.4. The van der Waals surface area contributed by atoms with E-state index in [4.69, 9.17) is 11.1 Å². The van der Waals surface area contributed by atoms with E-state index in [9.17, 15) is 4.79 Å². The van der Waals surface area contributed by atoms with Crippen LogP contribution >= 0.6 is 0 Å². The number of carbonyl (C=O) groups excluding carboxylic acids is 1. The van der Waals surface area contributed by atoms with Gasteiger partial charge in [-0.15, -0.1) is 0 Å². The fourth-order valence-corrected chi connectivity index (χ4v) is 1.12. The van der Waals surface area contributed by atoms with Gasteiger partial charge in [0.05, 0.1) is 12.4 Å². The van der Waals surface area contributed by atoms with Gasteiger partial charge in [0.2, 0.25) is 0 Å². The lowest BCUT2D eigenvalue weighted by molar-refractivity contribution is -0.118. The number of aryl methyl sites for hydroxylation is 1. The van der Waals surface area contributed by atoms with Gasteiger partial charge in [-0.25, -0.2) is 0 Å². The smallest absolute Gasteiger partial charge is 0.146 e. The van der Waals surface area contributed by atoms with E-state index in [2.05, 4.69) is 5.73 Å². The van der Waals surface area contributed by atoms with E-state index >= 15 is 0 Å². The summed E-state index contributed by atoms with van der Waals surface area (Å²) in [7, 11) is 0. The molecule has 1 rings (SSSR count). The molecular weight excluding hydrogens is 226 g/mol. The molecule has 1 unspecified atom stereocenters. The third-order valence-electron chi connectivity index (χ3n) is 2.10. The first-order valence-corrected chi connectivity index (χ1v) is 6.03. The molecule has 18 heavy (non-hydrogen) atoms. The van der Waals surface area contributed by atoms with Crippen LogP contribution in [0.3, 0.4) is 0 Å². The molecule has 0 aliphatic carbocycles. The maximum absolute atomic E-state index is 10.9. The van der Waals surface area contributed by atoms with Gasteiger partial charge in [-0.05, 0) is 25.8 Å². The number of Topliss-reactive ketones (excluding diaryl/α,β-unsaturated/α-hetero) is 1. The van der Waals surface area contributed by atoms with Crippen LogP contribution in [0.25, 0.3) is 0 Å². The first kappa shape index (κ1) is 18.7. The highest BCUT2D eigenvalue weighted by Gasteiger charge is 2.07. The maximum atomic E-state index is 10.9. The molecule has 0 amide bonds. The van der Waals surface area contributed by atoms with Crippen LogP contribution < -0.4 is 11.5 Å². The van der Waals surface area contributed by atoms with Crippen LogP contribution in [0.15, 0.2) is 24.3 Å². The Morgan fingerprint density at radius 2 is 1.72 bits per heavy atom. The molecule has 4 heteroatoms. The van der Waals surface area contributed by atoms with Crippen molar-refractivity contribution in [1.82, 2.24) is 0 Å². The van der Waals surface area contributed by atoms with Gasteiger partial charge in [-0.1, -0.05) is 43.7 Å². The molecule has 0 aromatic heterocycles. The van der Waals surface area contributed by atoms with Crippen LogP contribution in [0, 0.1) is 12.3 Å². The first-order chi connectivity index (χ1) is 8.51. The highest BCUT2D eigenvalue weighted by atomic mass is 16.1. The summed E-state index contributed by atoms with van der Waals surface area (Å²) in [6.07, 6.45) is 1.38. The first-order valence-electron chi connectivity index (χ1n) is 6.03. The quantitative estimate of drug-likeness (QED) is 0.567. The minimum absolute atomic E-state index is 0.0422. The maximum Gasteiger partial charge on any atom is 0.146 e. The summed E-state index contributed by atoms with van der Waals surface area (Å²) in [4.78, 5) is 10.9. The minimum Gasteiger partial charge on any atom is -0.390 e. The molecule has 0 aliphatic rings. The number of nitrogens with two attached hydrogens (primary N) is 2. The Balaban J connectivity index is 0. The zero-order valence-electron chi connectivity index (χ0n) is 11.7. The van der Waals surface area contributed by atoms with E-state index in [1.54, 1.807) is 0 Å². The fourth-order valence-electron chi connectivity index (χ4n) is 1.12. The van der Waals surface area contributed by atoms with Crippen LogP contribution in [-0.4, -0.2) is 18.2 Å². The highest BCUT2D eigenvalue weighted by molar-refractivity contribution is 5.81. The molecule has 0 saturated heterocycles. The predicted octanol–water partition coefficient (Wildman–Crippen LogP) is 2.03. The highest BCUT2D eigenvalue weighted by Crippen LogP contribution is 2.05. The van der Waals surface area contributed by atoms with Crippen molar-refractivity contribution in [1.29, 1.82) is 5.41 Å². The molecule has 1 aromatic carbocycles. The fraction of sp³-hybridized carbons (Fsp3) is 0.429. The molecule has 0 fully saturated rings. The lowest BCUT2D eigenvalue weighted by atomic mass is 10.0. The Morgan fingerprint density at radius 1 is 1.33 bits per heavy atom. The number of ketones is 1. The molecule has 1 atom stereocenters. The second kappa shape index (κ2) is 11.8. The van der Waals surface area contributed by atoms with E-state index in [1.165, 1.54) is 12.5 Å². The van der Waals surface area contributed by atoms with Gasteiger partial charge in [0, 0.05) is 0 Å². The molecule has 0 spiro atoms. The summed E-state index contributed by atoms with van der Waals surface area (Å²) >= 11 is 0. The lowest BCUT2D eigenvalue weighted by Crippen LogP contribution is -2.30. The zero-order chi connectivity index (χ0) is 14.6. The topological polar surface area (TPSA) is 93.0 Å². The van der Waals surface area contributed by atoms with Crippen molar-refractivity contribution in [2.75, 3.05) is 0 Å². The molecule has 0 aliphatic heterocycles. The SMILES string of the molecule is CC.CC(=O)C(N)Cc1ccc(C)cc1.N=CN. The monoisotopic (exact) mass is 251 g/mol. The Kier molecular flexibility index (Phi) is 12.2. The number of hydrogen-bond donors (Lipinski definition) is 3. The van der Waals surface area contributed by atoms with Gasteiger partial charge in [0.15, 0.2) is 0 Å². The number of nitrogens with one attached hydrogen (secondary N) is 1. The molecule has 5 N–H and O–H groups in total. The van der Waals surface area contributed by atoms with Gasteiger partial charge in [0.25, 0.3) is 0 Å². The summed E-state index contributed by atoms with van der Waals surface area (Å²) in [5.74, 6) is 0.0422. The van der Waals surface area contributed by atoms with E-state index in [0.717, 1.165) is 11.9 Å². The molecule has 0 bridgehead atoms. The van der Waals surface area contributed by atoms with Crippen LogP contribution in [-0.2, 0) is 11.2 Å². The average molecular weight is 251 g/mol. The third kappa shape index (κ3) is 9.54. The van der Waals surface area contributed by atoms with Crippen molar-refractivity contribution < 1.29 is 4.79 Å². The number of benzene rings is 1. The molecule has 4 nitrogen and oxygen atoms in total. The van der Waals surface area contributed by atoms with Crippen molar-refractivity contribution in [3.8, 4) is 0 Å². The van der Waals surface area contributed by atoms with Gasteiger partial charge < -0.3 is 11.5 Å². The van der Waals surface area contributed by atoms with Crippen LogP contribution in [0.5, 0.6) is 0 Å². The second-order valence-electron chi connectivity index (χ2n) is 3.57. The molecule has 102 valence electrons. The zero-order valence-corrected chi connectivity index (χ0v) is 11.7. The number of carbonyl (C=O) groups is 1. The number of rotatable bonds is 3. The van der Waals surface area contributed by atoms with E-state index < -0.39 is 0 Å². The standard InChI is InChI=1S/C11H15NO.C2H6.CH4N2/c1-8-3-5-10(6-4-8)7-11(12)9(2)13;1-2;2-1-3/h3-6,11H,7,12H2,1-2H3;1-2H3;1H,(H3,2,3). The average Bonchev–Trinajstić information content (AvgIpc) is 2.35.